The summed E-state index contributed by atoms with van der Waals surface area (Å²) in [5, 5.41) is 3.01. The second-order valence-corrected chi connectivity index (χ2v) is 7.58. The lowest BCUT2D eigenvalue weighted by Gasteiger charge is -2.22. The highest BCUT2D eigenvalue weighted by atomic mass is 16.2. The largest absolute Gasteiger partial charge is 0.345 e. The Labute approximate surface area is 158 Å². The van der Waals surface area contributed by atoms with Crippen LogP contribution in [0, 0.1) is 0 Å². The van der Waals surface area contributed by atoms with E-state index in [2.05, 4.69) is 5.32 Å². The molecule has 1 aliphatic carbocycles. The van der Waals surface area contributed by atoms with E-state index in [1.807, 2.05) is 30.3 Å². The minimum Gasteiger partial charge on any atom is -0.345 e. The SMILES string of the molecule is CN(Cc1ccccc1)C(=O)C(=O)NC1CCCCCCCCCCC1. The second-order valence-electron chi connectivity index (χ2n) is 7.58. The summed E-state index contributed by atoms with van der Waals surface area (Å²) in [6.07, 6.45) is 13.3. The first-order valence-electron chi connectivity index (χ1n) is 10.3. The maximum atomic E-state index is 12.4. The molecule has 0 aromatic heterocycles. The standard InChI is InChI=1S/C22H34N2O2/c1-24(18-19-14-10-9-11-15-19)22(26)21(25)23-20-16-12-7-5-3-2-4-6-8-13-17-20/h9-11,14-15,20H,2-8,12-13,16-18H2,1H3,(H,23,25). The van der Waals surface area contributed by atoms with Crippen molar-refractivity contribution in [3.63, 3.8) is 0 Å². The zero-order valence-corrected chi connectivity index (χ0v) is 16.2. The first-order chi connectivity index (χ1) is 12.7. The molecule has 4 nitrogen and oxygen atoms in total. The summed E-state index contributed by atoms with van der Waals surface area (Å²) in [6, 6.07) is 9.90. The Morgan fingerprint density at radius 2 is 1.38 bits per heavy atom. The molecule has 4 heteroatoms. The molecule has 0 aliphatic heterocycles. The highest BCUT2D eigenvalue weighted by Gasteiger charge is 2.22. The summed E-state index contributed by atoms with van der Waals surface area (Å²) in [6.45, 7) is 0.456. The van der Waals surface area contributed by atoms with Crippen LogP contribution in [0.25, 0.3) is 0 Å². The predicted octanol–water partition coefficient (Wildman–Crippen LogP) is 4.43. The third kappa shape index (κ3) is 7.59. The summed E-state index contributed by atoms with van der Waals surface area (Å²) in [4.78, 5) is 26.3. The molecule has 0 spiro atoms. The lowest BCUT2D eigenvalue weighted by atomic mass is 9.98. The van der Waals surface area contributed by atoms with Crippen LogP contribution in [0.15, 0.2) is 30.3 Å². The van der Waals surface area contributed by atoms with E-state index in [1.165, 1.54) is 49.8 Å². The van der Waals surface area contributed by atoms with Gasteiger partial charge in [0.05, 0.1) is 0 Å². The van der Waals surface area contributed by atoms with Crippen molar-refractivity contribution in [3.05, 3.63) is 35.9 Å². The zero-order valence-electron chi connectivity index (χ0n) is 16.2. The van der Waals surface area contributed by atoms with E-state index in [9.17, 15) is 9.59 Å². The van der Waals surface area contributed by atoms with Crippen LogP contribution in [0.5, 0.6) is 0 Å². The lowest BCUT2D eigenvalue weighted by Crippen LogP contribution is -2.45. The van der Waals surface area contributed by atoms with Gasteiger partial charge in [0.1, 0.15) is 0 Å². The number of rotatable bonds is 3. The molecular formula is C22H34N2O2. The number of carbonyl (C=O) groups is 2. The molecule has 0 atom stereocenters. The molecule has 0 unspecified atom stereocenters. The van der Waals surface area contributed by atoms with Crippen LogP contribution >= 0.6 is 0 Å². The van der Waals surface area contributed by atoms with Crippen LogP contribution in [0.1, 0.15) is 76.2 Å². The van der Waals surface area contributed by atoms with Crippen molar-refractivity contribution in [2.45, 2.75) is 83.2 Å². The van der Waals surface area contributed by atoms with E-state index in [-0.39, 0.29) is 6.04 Å². The van der Waals surface area contributed by atoms with Gasteiger partial charge in [0.15, 0.2) is 0 Å². The van der Waals surface area contributed by atoms with E-state index < -0.39 is 11.8 Å². The Bertz CT molecular complexity index is 532. The van der Waals surface area contributed by atoms with Gasteiger partial charge in [0, 0.05) is 19.6 Å². The number of likely N-dealkylation sites (N-methyl/N-ethyl adjacent to an activating group) is 1. The molecule has 0 bridgehead atoms. The molecule has 144 valence electrons. The Morgan fingerprint density at radius 1 is 0.885 bits per heavy atom. The molecule has 0 saturated heterocycles. The molecule has 2 rings (SSSR count). The van der Waals surface area contributed by atoms with Crippen molar-refractivity contribution in [2.75, 3.05) is 7.05 Å². The first kappa shape index (κ1) is 20.5. The van der Waals surface area contributed by atoms with Crippen LogP contribution in [-0.2, 0) is 16.1 Å². The van der Waals surface area contributed by atoms with E-state index in [1.54, 1.807) is 7.05 Å². The van der Waals surface area contributed by atoms with Gasteiger partial charge < -0.3 is 10.2 Å². The molecule has 0 heterocycles. The molecule has 2 amide bonds. The van der Waals surface area contributed by atoms with Crippen molar-refractivity contribution in [1.82, 2.24) is 10.2 Å². The van der Waals surface area contributed by atoms with E-state index in [4.69, 9.17) is 0 Å². The summed E-state index contributed by atoms with van der Waals surface area (Å²) in [7, 11) is 1.69. The van der Waals surface area contributed by atoms with Crippen LogP contribution in [0.3, 0.4) is 0 Å². The summed E-state index contributed by atoms with van der Waals surface area (Å²) in [5.41, 5.74) is 1.03. The van der Waals surface area contributed by atoms with Crippen molar-refractivity contribution >= 4 is 11.8 Å². The number of amides is 2. The molecule has 26 heavy (non-hydrogen) atoms. The highest BCUT2D eigenvalue weighted by Crippen LogP contribution is 2.17. The molecule has 0 radical (unpaired) electrons. The third-order valence-electron chi connectivity index (χ3n) is 5.24. The third-order valence-corrected chi connectivity index (χ3v) is 5.24. The van der Waals surface area contributed by atoms with Crippen molar-refractivity contribution in [3.8, 4) is 0 Å². The molecule has 1 saturated carbocycles. The highest BCUT2D eigenvalue weighted by molar-refractivity contribution is 6.34. The van der Waals surface area contributed by atoms with Crippen LogP contribution in [-0.4, -0.2) is 29.8 Å². The number of benzene rings is 1. The number of hydrogen-bond donors (Lipinski definition) is 1. The minimum atomic E-state index is -0.458. The average molecular weight is 359 g/mol. The maximum absolute atomic E-state index is 12.4. The fourth-order valence-electron chi connectivity index (χ4n) is 3.66. The Morgan fingerprint density at radius 3 is 1.92 bits per heavy atom. The summed E-state index contributed by atoms with van der Waals surface area (Å²) >= 11 is 0. The molecule has 1 aromatic rings. The summed E-state index contributed by atoms with van der Waals surface area (Å²) in [5.74, 6) is -0.902. The van der Waals surface area contributed by atoms with Crippen molar-refractivity contribution in [2.24, 2.45) is 0 Å². The molecule has 1 aromatic carbocycles. The van der Waals surface area contributed by atoms with Gasteiger partial charge in [0.25, 0.3) is 0 Å². The van der Waals surface area contributed by atoms with Gasteiger partial charge in [-0.25, -0.2) is 0 Å². The van der Waals surface area contributed by atoms with Gasteiger partial charge in [-0.2, -0.15) is 0 Å². The fourth-order valence-corrected chi connectivity index (χ4v) is 3.66. The molecule has 1 fully saturated rings. The topological polar surface area (TPSA) is 49.4 Å². The zero-order chi connectivity index (χ0) is 18.6. The summed E-state index contributed by atoms with van der Waals surface area (Å²) < 4.78 is 0. The van der Waals surface area contributed by atoms with Gasteiger partial charge in [-0.15, -0.1) is 0 Å². The monoisotopic (exact) mass is 358 g/mol. The Balaban J connectivity index is 1.82. The van der Waals surface area contributed by atoms with Crippen molar-refractivity contribution < 1.29 is 9.59 Å². The average Bonchev–Trinajstić information content (AvgIpc) is 2.64. The van der Waals surface area contributed by atoms with E-state index in [0.717, 1.165) is 31.2 Å². The second kappa shape index (κ2) is 11.7. The number of hydrogen-bond acceptors (Lipinski definition) is 2. The molecular weight excluding hydrogens is 324 g/mol. The van der Waals surface area contributed by atoms with E-state index >= 15 is 0 Å². The number of nitrogens with zero attached hydrogens (tertiary/aromatic N) is 1. The minimum absolute atomic E-state index is 0.135. The van der Waals surface area contributed by atoms with Gasteiger partial charge in [-0.1, -0.05) is 88.1 Å². The predicted molar refractivity (Wildman–Crippen MR) is 106 cm³/mol. The van der Waals surface area contributed by atoms with Crippen LogP contribution in [0.2, 0.25) is 0 Å². The fraction of sp³-hybridized carbons (Fsp3) is 0.636. The molecule has 1 N–H and O–H groups in total. The van der Waals surface area contributed by atoms with Gasteiger partial charge >= 0.3 is 11.8 Å². The smallest absolute Gasteiger partial charge is 0.311 e. The van der Waals surface area contributed by atoms with Gasteiger partial charge in [-0.3, -0.25) is 9.59 Å². The number of nitrogens with one attached hydrogen (secondary N) is 1. The van der Waals surface area contributed by atoms with E-state index in [0.29, 0.717) is 6.54 Å². The van der Waals surface area contributed by atoms with Gasteiger partial charge in [-0.05, 0) is 18.4 Å². The normalized spacial score (nSPS) is 17.6. The number of carbonyl (C=O) groups excluding carboxylic acids is 2. The quantitative estimate of drug-likeness (QED) is 0.812. The Kier molecular flexibility index (Phi) is 9.22. The van der Waals surface area contributed by atoms with Crippen LogP contribution in [0.4, 0.5) is 0 Å². The van der Waals surface area contributed by atoms with Crippen molar-refractivity contribution in [1.29, 1.82) is 0 Å². The molecule has 1 aliphatic rings. The first-order valence-corrected chi connectivity index (χ1v) is 10.3. The van der Waals surface area contributed by atoms with Gasteiger partial charge in [0.2, 0.25) is 0 Å². The maximum Gasteiger partial charge on any atom is 0.311 e. The van der Waals surface area contributed by atoms with Crippen LogP contribution < -0.4 is 5.32 Å². The lowest BCUT2D eigenvalue weighted by molar-refractivity contribution is -0.145. The Hall–Kier alpha value is -1.84.